The second-order valence-electron chi connectivity index (χ2n) is 6.50. The van der Waals surface area contributed by atoms with E-state index < -0.39 is 0 Å². The lowest BCUT2D eigenvalue weighted by atomic mass is 10.1. The Morgan fingerprint density at radius 2 is 2.11 bits per heavy atom. The zero-order valence-electron chi connectivity index (χ0n) is 15.1. The number of amides is 1. The Labute approximate surface area is 165 Å². The zero-order valence-corrected chi connectivity index (χ0v) is 16.7. The topological polar surface area (TPSA) is 72.3 Å². The first-order valence-corrected chi connectivity index (χ1v) is 9.93. The van der Waals surface area contributed by atoms with Gasteiger partial charge >= 0.3 is 0 Å². The number of carbonyl (C=O) groups excluding carboxylic acids is 1. The van der Waals surface area contributed by atoms with Crippen molar-refractivity contribution in [2.45, 2.75) is 18.9 Å². The fourth-order valence-electron chi connectivity index (χ4n) is 3.31. The van der Waals surface area contributed by atoms with E-state index >= 15 is 0 Å². The van der Waals surface area contributed by atoms with Gasteiger partial charge in [-0.1, -0.05) is 22.9 Å². The third-order valence-electron chi connectivity index (χ3n) is 4.82. The summed E-state index contributed by atoms with van der Waals surface area (Å²) in [6, 6.07) is 5.55. The molecule has 1 N–H and O–H groups in total. The van der Waals surface area contributed by atoms with Crippen LogP contribution in [0, 0.1) is 0 Å². The highest BCUT2D eigenvalue weighted by Gasteiger charge is 2.24. The molecule has 142 valence electrons. The molecule has 0 spiro atoms. The number of halogens is 1. The van der Waals surface area contributed by atoms with E-state index in [1.165, 1.54) is 0 Å². The molecular weight excluding hydrogens is 386 g/mol. The minimum Gasteiger partial charge on any atom is -0.494 e. The second-order valence-corrected chi connectivity index (χ2v) is 7.88. The van der Waals surface area contributed by atoms with Crippen molar-refractivity contribution < 1.29 is 9.53 Å². The largest absolute Gasteiger partial charge is 0.494 e. The van der Waals surface area contributed by atoms with Crippen molar-refractivity contribution in [2.75, 3.05) is 25.1 Å². The maximum absolute atomic E-state index is 12.3. The number of hydrogen-bond acceptors (Lipinski definition) is 6. The van der Waals surface area contributed by atoms with Gasteiger partial charge in [0.25, 0.3) is 5.91 Å². The molecule has 7 nitrogen and oxygen atoms in total. The average molecular weight is 406 g/mol. The van der Waals surface area contributed by atoms with Gasteiger partial charge in [-0.15, -0.1) is 0 Å². The molecule has 27 heavy (non-hydrogen) atoms. The lowest BCUT2D eigenvalue weighted by Crippen LogP contribution is -2.45. The Bertz CT molecular complexity index is 977. The first kappa shape index (κ1) is 18.1. The van der Waals surface area contributed by atoms with E-state index in [9.17, 15) is 4.79 Å². The maximum Gasteiger partial charge on any atom is 0.269 e. The van der Waals surface area contributed by atoms with Crippen molar-refractivity contribution in [3.8, 4) is 5.75 Å². The number of ether oxygens (including phenoxy) is 1. The normalized spacial score (nSPS) is 15.3. The van der Waals surface area contributed by atoms with Crippen molar-refractivity contribution >= 4 is 44.2 Å². The molecule has 1 aliphatic heterocycles. The van der Waals surface area contributed by atoms with E-state index in [0.717, 1.165) is 47.0 Å². The van der Waals surface area contributed by atoms with Crippen LogP contribution in [-0.4, -0.2) is 46.9 Å². The molecule has 2 aromatic heterocycles. The Morgan fingerprint density at radius 3 is 2.78 bits per heavy atom. The monoisotopic (exact) mass is 405 g/mol. The van der Waals surface area contributed by atoms with Crippen LogP contribution in [0.3, 0.4) is 0 Å². The summed E-state index contributed by atoms with van der Waals surface area (Å²) in [5.41, 5.74) is 1.38. The highest BCUT2D eigenvalue weighted by Crippen LogP contribution is 2.39. The molecule has 4 rings (SSSR count). The van der Waals surface area contributed by atoms with Gasteiger partial charge in [-0.25, -0.2) is 4.98 Å². The summed E-state index contributed by atoms with van der Waals surface area (Å²) in [5.74, 6) is 0.653. The number of carbonyl (C=O) groups is 1. The van der Waals surface area contributed by atoms with Gasteiger partial charge in [0, 0.05) is 32.4 Å². The summed E-state index contributed by atoms with van der Waals surface area (Å²) < 4.78 is 7.93. The number of aryl methyl sites for hydroxylation is 1. The summed E-state index contributed by atoms with van der Waals surface area (Å²) in [5, 5.41) is 8.77. The fraction of sp³-hybridized carbons (Fsp3) is 0.389. The summed E-state index contributed by atoms with van der Waals surface area (Å²) in [7, 11) is 3.40. The van der Waals surface area contributed by atoms with Crippen LogP contribution in [0.5, 0.6) is 5.75 Å². The van der Waals surface area contributed by atoms with Crippen LogP contribution in [0.4, 0.5) is 5.13 Å². The van der Waals surface area contributed by atoms with Gasteiger partial charge in [-0.2, -0.15) is 5.10 Å². The molecule has 1 amide bonds. The molecule has 3 aromatic rings. The SMILES string of the molecule is COc1ccc(Cl)c2sc(N3CCC(NC(=O)c4ccnn4C)CC3)nc12. The number of methoxy groups -OCH3 is 1. The molecule has 0 unspecified atom stereocenters. The lowest BCUT2D eigenvalue weighted by Gasteiger charge is -2.32. The third-order valence-corrected chi connectivity index (χ3v) is 6.40. The average Bonchev–Trinajstić information content (AvgIpc) is 3.30. The highest BCUT2D eigenvalue weighted by atomic mass is 35.5. The van der Waals surface area contributed by atoms with Crippen molar-refractivity contribution in [3.05, 3.63) is 35.1 Å². The Morgan fingerprint density at radius 1 is 1.33 bits per heavy atom. The van der Waals surface area contributed by atoms with Crippen LogP contribution in [0.25, 0.3) is 10.2 Å². The summed E-state index contributed by atoms with van der Waals surface area (Å²) in [6.07, 6.45) is 3.36. The standard InChI is InChI=1S/C18H20ClN5O2S/c1-23-13(5-8-20-23)17(25)21-11-6-9-24(10-7-11)18-22-15-14(26-2)4-3-12(19)16(15)27-18/h3-5,8,11H,6-7,9-10H2,1-2H3,(H,21,25). The molecule has 0 saturated carbocycles. The molecule has 0 aliphatic carbocycles. The van der Waals surface area contributed by atoms with Gasteiger partial charge in [-0.05, 0) is 31.0 Å². The first-order valence-electron chi connectivity index (χ1n) is 8.73. The summed E-state index contributed by atoms with van der Waals surface area (Å²) in [4.78, 5) is 19.3. The molecule has 0 bridgehead atoms. The molecule has 1 aromatic carbocycles. The van der Waals surface area contributed by atoms with Gasteiger partial charge in [0.2, 0.25) is 0 Å². The Kier molecular flexibility index (Phi) is 4.92. The van der Waals surface area contributed by atoms with Gasteiger partial charge in [0.1, 0.15) is 17.0 Å². The van der Waals surface area contributed by atoms with Gasteiger partial charge in [0.15, 0.2) is 5.13 Å². The molecule has 9 heteroatoms. The molecule has 0 atom stereocenters. The molecule has 1 saturated heterocycles. The molecule has 1 fully saturated rings. The van der Waals surface area contributed by atoms with E-state index in [1.54, 1.807) is 42.4 Å². The number of nitrogens with one attached hydrogen (secondary N) is 1. The van der Waals surface area contributed by atoms with Crippen LogP contribution in [0.2, 0.25) is 5.02 Å². The van der Waals surface area contributed by atoms with Crippen LogP contribution < -0.4 is 15.0 Å². The number of anilines is 1. The fourth-order valence-corrected chi connectivity index (χ4v) is 4.62. The maximum atomic E-state index is 12.3. The third kappa shape index (κ3) is 3.46. The van der Waals surface area contributed by atoms with Crippen molar-refractivity contribution in [1.82, 2.24) is 20.1 Å². The van der Waals surface area contributed by atoms with Crippen molar-refractivity contribution in [2.24, 2.45) is 7.05 Å². The number of benzene rings is 1. The van der Waals surface area contributed by atoms with Gasteiger partial charge < -0.3 is 15.0 Å². The minimum absolute atomic E-state index is 0.0787. The number of aromatic nitrogens is 3. The predicted octanol–water partition coefficient (Wildman–Crippen LogP) is 3.09. The number of thiazole rings is 1. The minimum atomic E-state index is -0.0787. The number of rotatable bonds is 4. The number of fused-ring (bicyclic) bond motifs is 1. The quantitative estimate of drug-likeness (QED) is 0.722. The van der Waals surface area contributed by atoms with Crippen molar-refractivity contribution in [3.63, 3.8) is 0 Å². The van der Waals surface area contributed by atoms with Crippen LogP contribution in [0.1, 0.15) is 23.3 Å². The lowest BCUT2D eigenvalue weighted by molar-refractivity contribution is 0.0921. The van der Waals surface area contributed by atoms with E-state index in [1.807, 2.05) is 12.1 Å². The number of nitrogens with zero attached hydrogens (tertiary/aromatic N) is 4. The predicted molar refractivity (Wildman–Crippen MR) is 107 cm³/mol. The summed E-state index contributed by atoms with van der Waals surface area (Å²) >= 11 is 7.90. The van der Waals surface area contributed by atoms with Crippen LogP contribution >= 0.6 is 22.9 Å². The molecule has 3 heterocycles. The van der Waals surface area contributed by atoms with E-state index in [4.69, 9.17) is 21.3 Å². The van der Waals surface area contributed by atoms with Crippen molar-refractivity contribution in [1.29, 1.82) is 0 Å². The number of hydrogen-bond donors (Lipinski definition) is 1. The van der Waals surface area contributed by atoms with Gasteiger partial charge in [-0.3, -0.25) is 9.48 Å². The van der Waals surface area contributed by atoms with Gasteiger partial charge in [0.05, 0.1) is 16.8 Å². The van der Waals surface area contributed by atoms with E-state index in [0.29, 0.717) is 10.7 Å². The van der Waals surface area contributed by atoms with E-state index in [-0.39, 0.29) is 11.9 Å². The number of piperidine rings is 1. The zero-order chi connectivity index (χ0) is 19.0. The highest BCUT2D eigenvalue weighted by molar-refractivity contribution is 7.22. The Hall–Kier alpha value is -2.32. The summed E-state index contributed by atoms with van der Waals surface area (Å²) in [6.45, 7) is 1.66. The second kappa shape index (κ2) is 7.36. The molecule has 1 aliphatic rings. The smallest absolute Gasteiger partial charge is 0.269 e. The Balaban J connectivity index is 1.43. The van der Waals surface area contributed by atoms with Crippen LogP contribution in [-0.2, 0) is 7.05 Å². The van der Waals surface area contributed by atoms with E-state index in [2.05, 4.69) is 15.3 Å². The molecular formula is C18H20ClN5O2S. The van der Waals surface area contributed by atoms with Crippen LogP contribution in [0.15, 0.2) is 24.4 Å². The molecule has 0 radical (unpaired) electrons. The first-order chi connectivity index (χ1) is 13.1.